The third-order valence-corrected chi connectivity index (χ3v) is 3.10. The zero-order valence-corrected chi connectivity index (χ0v) is 25.8. The minimum Gasteiger partial charge on any atom is -0.394 e. The van der Waals surface area contributed by atoms with Crippen LogP contribution in [0.2, 0.25) is 0 Å². The molecule has 0 aromatic rings. The quantitative estimate of drug-likeness (QED) is 0.351. The average Bonchev–Trinajstić information content (AvgIpc) is 2.13. The van der Waals surface area contributed by atoms with Gasteiger partial charge in [0.1, 0.15) is 12.2 Å². The Hall–Kier alpha value is 4.16. The molecule has 3 radical (unpaired) electrons. The van der Waals surface area contributed by atoms with E-state index in [4.69, 9.17) is 9.84 Å². The molecule has 1 saturated heterocycles. The molecular formula is C11H22Ac3O4. The van der Waals surface area contributed by atoms with Gasteiger partial charge in [-0.2, -0.15) is 0 Å². The molecule has 1 aliphatic rings. The van der Waals surface area contributed by atoms with Crippen LogP contribution in [0.15, 0.2) is 0 Å². The zero-order chi connectivity index (χ0) is 11.8. The molecule has 99 valence electrons. The summed E-state index contributed by atoms with van der Waals surface area (Å²) in [6.45, 7) is 7.65. The molecule has 0 bridgehead atoms. The fraction of sp³-hybridized carbons (Fsp3) is 1.00. The predicted molar refractivity (Wildman–Crippen MR) is 56.4 cm³/mol. The van der Waals surface area contributed by atoms with Gasteiger partial charge in [0.05, 0.1) is 18.8 Å². The Morgan fingerprint density at radius 3 is 1.78 bits per heavy atom. The van der Waals surface area contributed by atoms with Crippen LogP contribution in [0.4, 0.5) is 0 Å². The number of rotatable bonds is 1. The van der Waals surface area contributed by atoms with Crippen molar-refractivity contribution < 1.29 is 152 Å². The Morgan fingerprint density at radius 1 is 1.00 bits per heavy atom. The number of hydrogen-bond donors (Lipinski definition) is 3. The summed E-state index contributed by atoms with van der Waals surface area (Å²) >= 11 is 0. The van der Waals surface area contributed by atoms with Crippen LogP contribution in [0.25, 0.3) is 0 Å². The molecule has 0 aliphatic carbocycles. The van der Waals surface area contributed by atoms with Crippen LogP contribution in [0.5, 0.6) is 0 Å². The van der Waals surface area contributed by atoms with Crippen molar-refractivity contribution in [3.8, 4) is 0 Å². The van der Waals surface area contributed by atoms with E-state index < -0.39 is 18.3 Å². The summed E-state index contributed by atoms with van der Waals surface area (Å²) in [6.07, 6.45) is -2.67. The third-order valence-electron chi connectivity index (χ3n) is 3.10. The van der Waals surface area contributed by atoms with Crippen molar-refractivity contribution in [3.63, 3.8) is 0 Å². The smallest absolute Gasteiger partial charge is 0.109 e. The monoisotopic (exact) mass is 899 g/mol. The van der Waals surface area contributed by atoms with Gasteiger partial charge in [0.15, 0.2) is 0 Å². The Balaban J connectivity index is -0.000000750. The zero-order valence-electron chi connectivity index (χ0n) is 11.6. The fourth-order valence-corrected chi connectivity index (χ4v) is 2.25. The third kappa shape index (κ3) is 7.16. The maximum absolute atomic E-state index is 9.84. The molecule has 7 heteroatoms. The van der Waals surface area contributed by atoms with Gasteiger partial charge in [0.25, 0.3) is 0 Å². The number of hydrogen-bond acceptors (Lipinski definition) is 4. The largest absolute Gasteiger partial charge is 0.394 e. The second-order valence-electron chi connectivity index (χ2n) is 5.48. The van der Waals surface area contributed by atoms with E-state index in [9.17, 15) is 10.2 Å². The van der Waals surface area contributed by atoms with Crippen LogP contribution in [-0.2, 0) is 4.74 Å². The van der Waals surface area contributed by atoms with E-state index in [1.807, 2.05) is 27.7 Å². The summed E-state index contributed by atoms with van der Waals surface area (Å²) in [5.41, 5.74) is -0.117. The Morgan fingerprint density at radius 2 is 1.44 bits per heavy atom. The second-order valence-corrected chi connectivity index (χ2v) is 5.48. The summed E-state index contributed by atoms with van der Waals surface area (Å²) in [6, 6.07) is 0. The maximum atomic E-state index is 9.84. The first kappa shape index (κ1) is 27.0. The van der Waals surface area contributed by atoms with E-state index in [0.29, 0.717) is 0 Å². The van der Waals surface area contributed by atoms with E-state index in [0.717, 1.165) is 0 Å². The Labute approximate surface area is 217 Å². The predicted octanol–water partition coefficient (Wildman–Crippen LogP) is 0.150. The molecule has 1 heterocycles. The summed E-state index contributed by atoms with van der Waals surface area (Å²) in [5, 5.41) is 28.5. The van der Waals surface area contributed by atoms with Gasteiger partial charge in [-0.3, -0.25) is 0 Å². The first-order valence-electron chi connectivity index (χ1n) is 5.41. The van der Waals surface area contributed by atoms with Crippen LogP contribution in [0.1, 0.15) is 27.7 Å². The molecule has 4 nitrogen and oxygen atoms in total. The van der Waals surface area contributed by atoms with Gasteiger partial charge < -0.3 is 20.1 Å². The summed E-state index contributed by atoms with van der Waals surface area (Å²) < 4.78 is 5.63. The molecule has 5 atom stereocenters. The molecule has 0 spiro atoms. The Kier molecular flexibility index (Phi) is 17.5. The Bertz CT molecular complexity index is 221. The van der Waals surface area contributed by atoms with Gasteiger partial charge in [-0.05, 0) is 5.41 Å². The first-order valence-corrected chi connectivity index (χ1v) is 5.41. The van der Waals surface area contributed by atoms with Gasteiger partial charge in [-0.25, -0.2) is 0 Å². The van der Waals surface area contributed by atoms with Crippen molar-refractivity contribution in [2.45, 2.75) is 52.1 Å². The van der Waals surface area contributed by atoms with Crippen molar-refractivity contribution in [3.05, 3.63) is 0 Å². The van der Waals surface area contributed by atoms with E-state index in [1.165, 1.54) is 0 Å². The topological polar surface area (TPSA) is 69.9 Å². The van der Waals surface area contributed by atoms with E-state index in [2.05, 4.69) is 0 Å². The van der Waals surface area contributed by atoms with Crippen LogP contribution >= 0.6 is 0 Å². The molecule has 0 aromatic carbocycles. The van der Waals surface area contributed by atoms with Gasteiger partial charge in [-0.15, -0.1) is 0 Å². The summed E-state index contributed by atoms with van der Waals surface area (Å²) in [7, 11) is 0. The molecule has 3 N–H and O–H groups in total. The standard InChI is InChI=1S/C11H22O4.3Ac/c1-6-8(13)9(14)7(5-12)15-10(6)11(2,3)4;;;/h6-10,12-14H,5H2,1-4H3;;;/t6-,7-,8-,9-,10-;;;/m1.../s1. The van der Waals surface area contributed by atoms with Gasteiger partial charge >= 0.3 is 0 Å². The second kappa shape index (κ2) is 11.7. The summed E-state index contributed by atoms with van der Waals surface area (Å²) in [4.78, 5) is 0. The molecule has 1 aliphatic heterocycles. The number of aliphatic hydroxyl groups excluding tert-OH is 3. The van der Waals surface area contributed by atoms with Crippen LogP contribution in [0.3, 0.4) is 0 Å². The summed E-state index contributed by atoms with van der Waals surface area (Å²) in [5.74, 6) is -0.136. The number of ether oxygens (including phenoxy) is 1. The molecule has 0 saturated carbocycles. The maximum Gasteiger partial charge on any atom is 0.109 e. The van der Waals surface area contributed by atoms with Crippen molar-refractivity contribution in [1.82, 2.24) is 0 Å². The normalized spacial score (nSPS) is 35.8. The SMILES string of the molecule is C[C@@H]1[C@@H](O)[C@H](O)[C@@H](CO)O[C@H]1C(C)(C)C.[Ac].[Ac].[Ac]. The van der Waals surface area contributed by atoms with Crippen LogP contribution in [0, 0.1) is 144 Å². The van der Waals surface area contributed by atoms with E-state index in [-0.39, 0.29) is 156 Å². The first-order chi connectivity index (χ1) is 6.79. The average molecular weight is 899 g/mol. The van der Waals surface area contributed by atoms with E-state index in [1.54, 1.807) is 0 Å². The van der Waals surface area contributed by atoms with Gasteiger partial charge in [0, 0.05) is 138 Å². The molecule has 0 amide bonds. The van der Waals surface area contributed by atoms with Gasteiger partial charge in [-0.1, -0.05) is 27.7 Å². The molecule has 1 fully saturated rings. The van der Waals surface area contributed by atoms with Crippen LogP contribution in [-0.4, -0.2) is 46.3 Å². The molecule has 1 rings (SSSR count). The minimum atomic E-state index is -0.997. The number of aliphatic hydroxyl groups is 3. The van der Waals surface area contributed by atoms with Crippen molar-refractivity contribution in [2.24, 2.45) is 11.3 Å². The molecule has 18 heavy (non-hydrogen) atoms. The van der Waals surface area contributed by atoms with Gasteiger partial charge in [0.2, 0.25) is 0 Å². The van der Waals surface area contributed by atoms with E-state index >= 15 is 0 Å². The molecule has 0 unspecified atom stereocenters. The molecular weight excluding hydrogens is 877 g/mol. The fourth-order valence-electron chi connectivity index (χ4n) is 2.25. The van der Waals surface area contributed by atoms with Crippen molar-refractivity contribution in [2.75, 3.05) is 6.61 Å². The van der Waals surface area contributed by atoms with Crippen LogP contribution < -0.4 is 0 Å². The van der Waals surface area contributed by atoms with Crippen molar-refractivity contribution in [1.29, 1.82) is 0 Å². The van der Waals surface area contributed by atoms with Crippen molar-refractivity contribution >= 4 is 0 Å². The minimum absolute atomic E-state index is 0. The molecule has 0 aromatic heterocycles.